The second-order valence-corrected chi connectivity index (χ2v) is 8.53. The summed E-state index contributed by atoms with van der Waals surface area (Å²) in [6, 6.07) is 4.45. The maximum absolute atomic E-state index is 12.4. The van der Waals surface area contributed by atoms with Gasteiger partial charge in [-0.25, -0.2) is 8.42 Å². The summed E-state index contributed by atoms with van der Waals surface area (Å²) in [5, 5.41) is 13.9. The van der Waals surface area contributed by atoms with Crippen molar-refractivity contribution in [3.8, 4) is 0 Å². The summed E-state index contributed by atoms with van der Waals surface area (Å²) >= 11 is 0. The Labute approximate surface area is 158 Å². The minimum Gasteiger partial charge on any atom is -0.481 e. The van der Waals surface area contributed by atoms with Gasteiger partial charge in [0.15, 0.2) is 0 Å². The number of rotatable bonds is 9. The molecule has 10 heteroatoms. The molecule has 1 aromatic carbocycles. The number of carbonyl (C=O) groups excluding carboxylic acids is 2. The average Bonchev–Trinajstić information content (AvgIpc) is 2.52. The van der Waals surface area contributed by atoms with Gasteiger partial charge in [-0.15, -0.1) is 0 Å². The molecule has 27 heavy (non-hydrogen) atoms. The van der Waals surface area contributed by atoms with Gasteiger partial charge in [-0.2, -0.15) is 4.72 Å². The molecule has 0 aliphatic rings. The molecule has 2 amide bonds. The Morgan fingerprint density at radius 1 is 1.15 bits per heavy atom. The van der Waals surface area contributed by atoms with Gasteiger partial charge in [0.25, 0.3) is 0 Å². The van der Waals surface area contributed by atoms with Crippen molar-refractivity contribution in [1.82, 2.24) is 10.0 Å². The first-order valence-electron chi connectivity index (χ1n) is 8.26. The molecule has 0 aliphatic heterocycles. The van der Waals surface area contributed by atoms with E-state index >= 15 is 0 Å². The molecule has 0 aromatic heterocycles. The van der Waals surface area contributed by atoms with E-state index in [2.05, 4.69) is 15.4 Å². The quantitative estimate of drug-likeness (QED) is 0.489. The molecular weight excluding hydrogens is 374 g/mol. The Morgan fingerprint density at radius 3 is 2.19 bits per heavy atom. The molecule has 1 aromatic rings. The molecule has 0 bridgehead atoms. The summed E-state index contributed by atoms with van der Waals surface area (Å²) in [5.74, 6) is -1.82. The molecule has 4 N–H and O–H groups in total. The molecule has 0 aliphatic carbocycles. The van der Waals surface area contributed by atoms with Crippen molar-refractivity contribution in [2.75, 3.05) is 5.32 Å². The lowest BCUT2D eigenvalue weighted by atomic mass is 9.98. The van der Waals surface area contributed by atoms with Crippen molar-refractivity contribution in [1.29, 1.82) is 0 Å². The Kier molecular flexibility index (Phi) is 7.49. The highest BCUT2D eigenvalue weighted by Crippen LogP contribution is 2.15. The van der Waals surface area contributed by atoms with Gasteiger partial charge in [0.05, 0.1) is 10.9 Å². The first kappa shape index (κ1) is 22.6. The summed E-state index contributed by atoms with van der Waals surface area (Å²) in [7, 11) is -3.95. The number of amides is 2. The topological polar surface area (TPSA) is 142 Å². The van der Waals surface area contributed by atoms with E-state index in [1.807, 2.05) is 0 Å². The largest absolute Gasteiger partial charge is 0.481 e. The number of hydrogen-bond donors (Lipinski definition) is 4. The highest BCUT2D eigenvalue weighted by atomic mass is 32.2. The first-order valence-corrected chi connectivity index (χ1v) is 9.74. The molecule has 150 valence electrons. The molecule has 1 rings (SSSR count). The summed E-state index contributed by atoms with van der Waals surface area (Å²) in [4.78, 5) is 33.9. The third-order valence-corrected chi connectivity index (χ3v) is 5.19. The van der Waals surface area contributed by atoms with E-state index in [4.69, 9.17) is 5.11 Å². The molecule has 1 atom stereocenters. The molecule has 9 nitrogen and oxygen atoms in total. The van der Waals surface area contributed by atoms with Crippen LogP contribution in [0, 0.1) is 0 Å². The van der Waals surface area contributed by atoms with Crippen LogP contribution in [0.5, 0.6) is 0 Å². The number of aliphatic carboxylic acids is 1. The van der Waals surface area contributed by atoms with Gasteiger partial charge >= 0.3 is 5.97 Å². The second-order valence-electron chi connectivity index (χ2n) is 6.82. The number of carbonyl (C=O) groups is 3. The van der Waals surface area contributed by atoms with Crippen molar-refractivity contribution in [2.45, 2.75) is 57.0 Å². The fraction of sp³-hybridized carbons (Fsp3) is 0.471. The van der Waals surface area contributed by atoms with Crippen molar-refractivity contribution >= 4 is 33.5 Å². The van der Waals surface area contributed by atoms with E-state index in [9.17, 15) is 22.8 Å². The minimum absolute atomic E-state index is 0.0543. The Balaban J connectivity index is 2.75. The van der Waals surface area contributed by atoms with E-state index in [0.717, 1.165) is 0 Å². The molecule has 1 unspecified atom stereocenters. The zero-order valence-corrected chi connectivity index (χ0v) is 16.5. The molecule has 0 radical (unpaired) electrons. The van der Waals surface area contributed by atoms with Crippen LogP contribution in [0.25, 0.3) is 0 Å². The van der Waals surface area contributed by atoms with E-state index in [1.54, 1.807) is 13.8 Å². The van der Waals surface area contributed by atoms with E-state index in [1.165, 1.54) is 38.1 Å². The summed E-state index contributed by atoms with van der Waals surface area (Å²) in [5.41, 5.74) is -0.345. The van der Waals surface area contributed by atoms with E-state index in [0.29, 0.717) is 5.69 Å². The highest BCUT2D eigenvalue weighted by Gasteiger charge is 2.27. The summed E-state index contributed by atoms with van der Waals surface area (Å²) in [6.07, 6.45) is 0.0895. The Hall–Kier alpha value is -2.46. The Morgan fingerprint density at radius 2 is 1.70 bits per heavy atom. The van der Waals surface area contributed by atoms with Crippen LogP contribution in [0.3, 0.4) is 0 Å². The van der Waals surface area contributed by atoms with Gasteiger partial charge in [0.1, 0.15) is 0 Å². The van der Waals surface area contributed by atoms with Crippen LogP contribution in [-0.2, 0) is 24.4 Å². The predicted molar refractivity (Wildman–Crippen MR) is 99.6 cm³/mol. The van der Waals surface area contributed by atoms with Crippen LogP contribution in [0.4, 0.5) is 5.69 Å². The van der Waals surface area contributed by atoms with Crippen LogP contribution < -0.4 is 15.4 Å². The predicted octanol–water partition coefficient (Wildman–Crippen LogP) is 1.07. The first-order chi connectivity index (χ1) is 12.3. The number of sulfonamides is 1. The van der Waals surface area contributed by atoms with Crippen LogP contribution in [0.2, 0.25) is 0 Å². The zero-order chi connectivity index (χ0) is 20.8. The molecule has 0 saturated heterocycles. The number of hydrogen-bond acceptors (Lipinski definition) is 5. The standard InChI is InChI=1S/C17H25N3O6S/c1-11(16(24)19-17(3,4)10-9-15(22)23)20-27(25,26)14-7-5-13(6-8-14)18-12(2)21/h5-8,11,20H,9-10H2,1-4H3,(H,18,21)(H,19,24)(H,22,23). The van der Waals surface area contributed by atoms with Crippen LogP contribution in [0.1, 0.15) is 40.5 Å². The van der Waals surface area contributed by atoms with Gasteiger partial charge in [0.2, 0.25) is 21.8 Å². The molecule has 0 saturated carbocycles. The maximum Gasteiger partial charge on any atom is 0.303 e. The lowest BCUT2D eigenvalue weighted by molar-refractivity contribution is -0.138. The SMILES string of the molecule is CC(=O)Nc1ccc(S(=O)(=O)NC(C)C(=O)NC(C)(C)CCC(=O)O)cc1. The van der Waals surface area contributed by atoms with Crippen LogP contribution >= 0.6 is 0 Å². The second kappa shape index (κ2) is 8.96. The van der Waals surface area contributed by atoms with Crippen molar-refractivity contribution in [2.24, 2.45) is 0 Å². The van der Waals surface area contributed by atoms with Crippen molar-refractivity contribution in [3.63, 3.8) is 0 Å². The third-order valence-electron chi connectivity index (χ3n) is 3.64. The summed E-state index contributed by atoms with van der Waals surface area (Å²) < 4.78 is 27.1. The fourth-order valence-corrected chi connectivity index (χ4v) is 3.40. The molecular formula is C17H25N3O6S. The Bertz CT molecular complexity index is 802. The van der Waals surface area contributed by atoms with Crippen molar-refractivity contribution < 1.29 is 27.9 Å². The number of carboxylic acid groups (broad SMARTS) is 1. The van der Waals surface area contributed by atoms with Gasteiger partial charge in [-0.05, 0) is 51.5 Å². The van der Waals surface area contributed by atoms with E-state index in [-0.39, 0.29) is 23.6 Å². The lowest BCUT2D eigenvalue weighted by Crippen LogP contribution is -2.52. The number of nitrogens with one attached hydrogen (secondary N) is 3. The van der Waals surface area contributed by atoms with Gasteiger partial charge in [0, 0.05) is 24.6 Å². The zero-order valence-electron chi connectivity index (χ0n) is 15.7. The number of carboxylic acids is 1. The maximum atomic E-state index is 12.4. The van der Waals surface area contributed by atoms with Gasteiger partial charge < -0.3 is 15.7 Å². The normalized spacial score (nSPS) is 12.9. The number of benzene rings is 1. The van der Waals surface area contributed by atoms with Crippen LogP contribution in [0.15, 0.2) is 29.2 Å². The highest BCUT2D eigenvalue weighted by molar-refractivity contribution is 7.89. The van der Waals surface area contributed by atoms with E-state index < -0.39 is 33.5 Å². The monoisotopic (exact) mass is 399 g/mol. The lowest BCUT2D eigenvalue weighted by Gasteiger charge is -2.27. The molecule has 0 fully saturated rings. The van der Waals surface area contributed by atoms with Gasteiger partial charge in [-0.3, -0.25) is 14.4 Å². The van der Waals surface area contributed by atoms with Crippen LogP contribution in [-0.4, -0.2) is 42.9 Å². The number of anilines is 1. The smallest absolute Gasteiger partial charge is 0.303 e. The van der Waals surface area contributed by atoms with Gasteiger partial charge in [-0.1, -0.05) is 0 Å². The fourth-order valence-electron chi connectivity index (χ4n) is 2.20. The third kappa shape index (κ3) is 7.75. The molecule has 0 spiro atoms. The minimum atomic E-state index is -3.95. The van der Waals surface area contributed by atoms with Crippen molar-refractivity contribution in [3.05, 3.63) is 24.3 Å². The summed E-state index contributed by atoms with van der Waals surface area (Å²) in [6.45, 7) is 6.06. The molecule has 0 heterocycles. The average molecular weight is 399 g/mol.